The van der Waals surface area contributed by atoms with Gasteiger partial charge in [0.15, 0.2) is 5.78 Å². The average Bonchev–Trinajstić information content (AvgIpc) is 2.81. The number of hydrogen-bond acceptors (Lipinski definition) is 2. The van der Waals surface area contributed by atoms with Crippen LogP contribution in [0, 0.1) is 5.82 Å². The molecule has 0 atom stereocenters. The molecule has 0 unspecified atom stereocenters. The van der Waals surface area contributed by atoms with Crippen molar-refractivity contribution in [2.45, 2.75) is 0 Å². The van der Waals surface area contributed by atoms with Gasteiger partial charge in [0.25, 0.3) is 0 Å². The molecule has 4 heteroatoms. The second kappa shape index (κ2) is 5.38. The number of rotatable bonds is 3. The Hall–Kier alpha value is -1.26. The van der Waals surface area contributed by atoms with Crippen LogP contribution in [-0.4, -0.2) is 5.78 Å². The normalized spacial score (nSPS) is 10.9. The number of ketones is 1. The molecular formula is C13H8BrFOS. The summed E-state index contributed by atoms with van der Waals surface area (Å²) in [6, 6.07) is 8.28. The van der Waals surface area contributed by atoms with Crippen LogP contribution >= 0.6 is 27.3 Å². The van der Waals surface area contributed by atoms with Gasteiger partial charge >= 0.3 is 0 Å². The summed E-state index contributed by atoms with van der Waals surface area (Å²) in [5.41, 5.74) is 0.401. The lowest BCUT2D eigenvalue weighted by Gasteiger charge is -1.97. The summed E-state index contributed by atoms with van der Waals surface area (Å²) in [6.07, 6.45) is 2.88. The highest BCUT2D eigenvalue weighted by atomic mass is 79.9. The van der Waals surface area contributed by atoms with E-state index in [9.17, 15) is 9.18 Å². The molecule has 0 amide bonds. The highest BCUT2D eigenvalue weighted by molar-refractivity contribution is 9.10. The molecular weight excluding hydrogens is 303 g/mol. The van der Waals surface area contributed by atoms with E-state index in [1.807, 2.05) is 11.4 Å². The monoisotopic (exact) mass is 310 g/mol. The first-order valence-electron chi connectivity index (χ1n) is 4.88. The van der Waals surface area contributed by atoms with Crippen molar-refractivity contribution in [3.63, 3.8) is 0 Å². The lowest BCUT2D eigenvalue weighted by molar-refractivity contribution is 0.105. The molecule has 17 heavy (non-hydrogen) atoms. The minimum Gasteiger partial charge on any atom is -0.288 e. The minimum absolute atomic E-state index is 0.109. The Morgan fingerprint density at radius 2 is 2.18 bits per heavy atom. The van der Waals surface area contributed by atoms with E-state index in [2.05, 4.69) is 15.9 Å². The summed E-state index contributed by atoms with van der Waals surface area (Å²) < 4.78 is 14.1. The first-order valence-corrected chi connectivity index (χ1v) is 6.55. The van der Waals surface area contributed by atoms with E-state index in [0.29, 0.717) is 14.9 Å². The largest absolute Gasteiger partial charge is 0.288 e. The molecule has 0 radical (unpaired) electrons. The number of benzene rings is 1. The van der Waals surface area contributed by atoms with Gasteiger partial charge < -0.3 is 0 Å². The molecule has 2 aromatic rings. The Kier molecular flexibility index (Phi) is 3.86. The summed E-state index contributed by atoms with van der Waals surface area (Å²) in [5, 5.41) is 1.83. The van der Waals surface area contributed by atoms with Crippen LogP contribution in [0.4, 0.5) is 4.39 Å². The van der Waals surface area contributed by atoms with Crippen LogP contribution in [0.1, 0.15) is 15.2 Å². The third-order valence-corrected chi connectivity index (χ3v) is 3.52. The smallest absolute Gasteiger partial charge is 0.195 e. The number of thiophene rings is 1. The van der Waals surface area contributed by atoms with Crippen molar-refractivity contribution in [1.29, 1.82) is 0 Å². The predicted molar refractivity (Wildman–Crippen MR) is 71.8 cm³/mol. The topological polar surface area (TPSA) is 17.1 Å². The molecule has 1 heterocycles. The first-order chi connectivity index (χ1) is 8.16. The van der Waals surface area contributed by atoms with Gasteiger partial charge in [0.05, 0.1) is 4.88 Å². The Morgan fingerprint density at radius 3 is 2.82 bits per heavy atom. The van der Waals surface area contributed by atoms with E-state index in [1.54, 1.807) is 18.2 Å². The Balaban J connectivity index is 2.18. The number of allylic oxidation sites excluding steroid dienone is 1. The fourth-order valence-corrected chi connectivity index (χ4v) is 2.28. The molecule has 0 bridgehead atoms. The van der Waals surface area contributed by atoms with Crippen LogP contribution in [0.5, 0.6) is 0 Å². The fourth-order valence-electron chi connectivity index (χ4n) is 1.30. The van der Waals surface area contributed by atoms with Gasteiger partial charge in [0.1, 0.15) is 5.82 Å². The van der Waals surface area contributed by atoms with Crippen molar-refractivity contribution in [3.8, 4) is 0 Å². The van der Waals surface area contributed by atoms with Gasteiger partial charge in [-0.05, 0) is 35.7 Å². The van der Waals surface area contributed by atoms with Crippen LogP contribution in [0.25, 0.3) is 6.08 Å². The van der Waals surface area contributed by atoms with Gasteiger partial charge in [0, 0.05) is 10.0 Å². The van der Waals surface area contributed by atoms with Crippen LogP contribution in [0.3, 0.4) is 0 Å². The lowest BCUT2D eigenvalue weighted by atomic mass is 10.2. The van der Waals surface area contributed by atoms with Crippen molar-refractivity contribution in [3.05, 3.63) is 62.5 Å². The zero-order valence-electron chi connectivity index (χ0n) is 8.69. The van der Waals surface area contributed by atoms with Gasteiger partial charge in [-0.1, -0.05) is 28.1 Å². The molecule has 0 saturated heterocycles. The number of halogens is 2. The predicted octanol–water partition coefficient (Wildman–Crippen LogP) is 4.55. The summed E-state index contributed by atoms with van der Waals surface area (Å²) >= 11 is 4.55. The maximum Gasteiger partial charge on any atom is 0.195 e. The second-order valence-electron chi connectivity index (χ2n) is 3.34. The fraction of sp³-hybridized carbons (Fsp3) is 0. The van der Waals surface area contributed by atoms with E-state index in [1.165, 1.54) is 29.6 Å². The van der Waals surface area contributed by atoms with E-state index in [-0.39, 0.29) is 11.6 Å². The van der Waals surface area contributed by atoms with Gasteiger partial charge in [-0.2, -0.15) is 0 Å². The third kappa shape index (κ3) is 3.11. The number of carbonyl (C=O) groups is 1. The van der Waals surface area contributed by atoms with Crippen molar-refractivity contribution < 1.29 is 9.18 Å². The van der Waals surface area contributed by atoms with Crippen molar-refractivity contribution in [2.75, 3.05) is 0 Å². The van der Waals surface area contributed by atoms with Crippen molar-refractivity contribution in [1.82, 2.24) is 0 Å². The highest BCUT2D eigenvalue weighted by Crippen LogP contribution is 2.17. The molecule has 0 fully saturated rings. The molecule has 1 aromatic carbocycles. The number of carbonyl (C=O) groups excluding carboxylic acids is 1. The van der Waals surface area contributed by atoms with Crippen molar-refractivity contribution >= 4 is 39.1 Å². The van der Waals surface area contributed by atoms with Gasteiger partial charge in [0.2, 0.25) is 0 Å². The lowest BCUT2D eigenvalue weighted by Crippen LogP contribution is -1.89. The maximum absolute atomic E-state index is 13.5. The first kappa shape index (κ1) is 12.2. The Labute approximate surface area is 111 Å². The average molecular weight is 311 g/mol. The van der Waals surface area contributed by atoms with Gasteiger partial charge in [-0.3, -0.25) is 4.79 Å². The summed E-state index contributed by atoms with van der Waals surface area (Å²) in [6.45, 7) is 0. The third-order valence-electron chi connectivity index (χ3n) is 2.14. The molecule has 0 saturated carbocycles. The molecule has 0 aliphatic carbocycles. The van der Waals surface area contributed by atoms with Crippen LogP contribution in [-0.2, 0) is 0 Å². The Morgan fingerprint density at radius 1 is 1.35 bits per heavy atom. The summed E-state index contributed by atoms with van der Waals surface area (Å²) in [5.74, 6) is -0.461. The zero-order chi connectivity index (χ0) is 12.3. The zero-order valence-corrected chi connectivity index (χ0v) is 11.1. The highest BCUT2D eigenvalue weighted by Gasteiger charge is 2.03. The number of hydrogen-bond donors (Lipinski definition) is 0. The van der Waals surface area contributed by atoms with Crippen LogP contribution < -0.4 is 0 Å². The second-order valence-corrected chi connectivity index (χ2v) is 5.20. The molecule has 0 aliphatic rings. The van der Waals surface area contributed by atoms with Crippen LogP contribution in [0.2, 0.25) is 0 Å². The molecule has 0 N–H and O–H groups in total. The molecule has 2 rings (SSSR count). The molecule has 0 aliphatic heterocycles. The van der Waals surface area contributed by atoms with Crippen LogP contribution in [0.15, 0.2) is 46.3 Å². The van der Waals surface area contributed by atoms with E-state index >= 15 is 0 Å². The quantitative estimate of drug-likeness (QED) is 0.600. The Bertz CT molecular complexity index is 561. The molecule has 0 spiro atoms. The van der Waals surface area contributed by atoms with Gasteiger partial charge in [-0.15, -0.1) is 11.3 Å². The van der Waals surface area contributed by atoms with Crippen molar-refractivity contribution in [2.24, 2.45) is 0 Å². The molecule has 1 aromatic heterocycles. The maximum atomic E-state index is 13.5. The SMILES string of the molecule is O=C(/C=C/c1ccc(Br)cc1F)c1cccs1. The van der Waals surface area contributed by atoms with E-state index in [4.69, 9.17) is 0 Å². The standard InChI is InChI=1S/C13H8BrFOS/c14-10-5-3-9(11(15)8-10)4-6-12(16)13-2-1-7-17-13/h1-8H/b6-4+. The van der Waals surface area contributed by atoms with E-state index < -0.39 is 0 Å². The molecule has 1 nitrogen and oxygen atoms in total. The molecule has 86 valence electrons. The summed E-state index contributed by atoms with van der Waals surface area (Å²) in [4.78, 5) is 12.3. The minimum atomic E-state index is -0.352. The summed E-state index contributed by atoms with van der Waals surface area (Å²) in [7, 11) is 0. The van der Waals surface area contributed by atoms with Gasteiger partial charge in [-0.25, -0.2) is 4.39 Å². The van der Waals surface area contributed by atoms with E-state index in [0.717, 1.165) is 0 Å².